The number of pyridine rings is 1. The molecule has 0 aliphatic carbocycles. The van der Waals surface area contributed by atoms with Crippen LogP contribution < -0.4 is 5.32 Å². The maximum atomic E-state index is 13.2. The zero-order valence-electron chi connectivity index (χ0n) is 17.2. The average Bonchev–Trinajstić information content (AvgIpc) is 3.43. The summed E-state index contributed by atoms with van der Waals surface area (Å²) in [5.41, 5.74) is 2.32. The first kappa shape index (κ1) is 20.8. The number of nitrogens with zero attached hydrogens (tertiary/aromatic N) is 4. The van der Waals surface area contributed by atoms with Crippen molar-refractivity contribution in [1.29, 1.82) is 0 Å². The Hall–Kier alpha value is -3.46. The average molecular weight is 438 g/mol. The van der Waals surface area contributed by atoms with Crippen molar-refractivity contribution in [3.8, 4) is 22.0 Å². The third-order valence-electron chi connectivity index (χ3n) is 4.77. The van der Waals surface area contributed by atoms with Crippen LogP contribution in [0.4, 0.5) is 4.39 Å². The molecule has 9 heteroatoms. The minimum Gasteiger partial charge on any atom is -0.351 e. The molecule has 0 spiro atoms. The Morgan fingerprint density at radius 3 is 2.65 bits per heavy atom. The van der Waals surface area contributed by atoms with E-state index < -0.39 is 5.41 Å². The minimum atomic E-state index is -0.403. The molecule has 3 aromatic heterocycles. The van der Waals surface area contributed by atoms with E-state index in [1.54, 1.807) is 31.3 Å². The SMILES string of the molecule is Cc1nc(-c2cncc(C(=O)NCC(C)(C)c3csc(-c4ccc(F)cc4)n3)c2)no1. The number of benzene rings is 1. The molecule has 31 heavy (non-hydrogen) atoms. The highest BCUT2D eigenvalue weighted by molar-refractivity contribution is 7.13. The molecule has 0 saturated heterocycles. The molecule has 158 valence electrons. The first-order chi connectivity index (χ1) is 14.8. The number of hydrogen-bond donors (Lipinski definition) is 1. The largest absolute Gasteiger partial charge is 0.351 e. The molecule has 0 unspecified atom stereocenters. The zero-order chi connectivity index (χ0) is 22.0. The first-order valence-electron chi connectivity index (χ1n) is 9.58. The third-order valence-corrected chi connectivity index (χ3v) is 5.66. The Morgan fingerprint density at radius 2 is 1.94 bits per heavy atom. The van der Waals surface area contributed by atoms with Gasteiger partial charge in [0.15, 0.2) is 0 Å². The molecule has 0 radical (unpaired) electrons. The van der Waals surface area contributed by atoms with Crippen molar-refractivity contribution in [2.45, 2.75) is 26.2 Å². The molecule has 0 aliphatic heterocycles. The van der Waals surface area contributed by atoms with Crippen molar-refractivity contribution in [1.82, 2.24) is 25.4 Å². The monoisotopic (exact) mass is 437 g/mol. The van der Waals surface area contributed by atoms with Gasteiger partial charge in [0, 0.05) is 47.8 Å². The van der Waals surface area contributed by atoms with E-state index in [9.17, 15) is 9.18 Å². The van der Waals surface area contributed by atoms with Gasteiger partial charge in [-0.15, -0.1) is 11.3 Å². The van der Waals surface area contributed by atoms with Crippen LogP contribution in [-0.2, 0) is 5.41 Å². The fourth-order valence-corrected chi connectivity index (χ4v) is 3.92. The maximum Gasteiger partial charge on any atom is 0.252 e. The summed E-state index contributed by atoms with van der Waals surface area (Å²) in [6.07, 6.45) is 3.07. The van der Waals surface area contributed by atoms with Gasteiger partial charge < -0.3 is 9.84 Å². The number of hydrogen-bond acceptors (Lipinski definition) is 7. The molecule has 4 rings (SSSR count). The number of rotatable bonds is 6. The molecular weight excluding hydrogens is 417 g/mol. The first-order valence-corrected chi connectivity index (χ1v) is 10.5. The second kappa shape index (κ2) is 8.35. The van der Waals surface area contributed by atoms with Gasteiger partial charge in [-0.2, -0.15) is 4.98 Å². The van der Waals surface area contributed by atoms with Gasteiger partial charge in [-0.1, -0.05) is 19.0 Å². The van der Waals surface area contributed by atoms with E-state index in [0.29, 0.717) is 29.4 Å². The van der Waals surface area contributed by atoms with Crippen LogP contribution in [-0.4, -0.2) is 32.6 Å². The van der Waals surface area contributed by atoms with Gasteiger partial charge in [0.05, 0.1) is 11.3 Å². The Kier molecular flexibility index (Phi) is 5.60. The Bertz CT molecular complexity index is 1220. The van der Waals surface area contributed by atoms with Gasteiger partial charge in [0.1, 0.15) is 10.8 Å². The number of aryl methyl sites for hydroxylation is 1. The van der Waals surface area contributed by atoms with Crippen LogP contribution in [0, 0.1) is 12.7 Å². The predicted molar refractivity (Wildman–Crippen MR) is 115 cm³/mol. The maximum absolute atomic E-state index is 13.2. The van der Waals surface area contributed by atoms with E-state index in [4.69, 9.17) is 9.51 Å². The Balaban J connectivity index is 1.45. The smallest absolute Gasteiger partial charge is 0.252 e. The van der Waals surface area contributed by atoms with Gasteiger partial charge in [0.2, 0.25) is 11.7 Å². The summed E-state index contributed by atoms with van der Waals surface area (Å²) in [7, 11) is 0. The molecular formula is C22H20FN5O2S. The fraction of sp³-hybridized carbons (Fsp3) is 0.227. The summed E-state index contributed by atoms with van der Waals surface area (Å²) in [4.78, 5) is 25.7. The van der Waals surface area contributed by atoms with E-state index in [-0.39, 0.29) is 11.7 Å². The van der Waals surface area contributed by atoms with E-state index in [1.165, 1.54) is 29.7 Å². The van der Waals surface area contributed by atoms with Gasteiger partial charge in [-0.25, -0.2) is 9.37 Å². The summed E-state index contributed by atoms with van der Waals surface area (Å²) >= 11 is 1.49. The Labute approximate surface area is 182 Å². The summed E-state index contributed by atoms with van der Waals surface area (Å²) < 4.78 is 18.1. The van der Waals surface area contributed by atoms with Crippen molar-refractivity contribution >= 4 is 17.2 Å². The van der Waals surface area contributed by atoms with E-state index >= 15 is 0 Å². The van der Waals surface area contributed by atoms with Gasteiger partial charge >= 0.3 is 0 Å². The number of amides is 1. The summed E-state index contributed by atoms with van der Waals surface area (Å²) in [6.45, 7) is 6.09. The number of carbonyl (C=O) groups excluding carboxylic acids is 1. The topological polar surface area (TPSA) is 93.8 Å². The van der Waals surface area contributed by atoms with Crippen LogP contribution in [0.2, 0.25) is 0 Å². The Morgan fingerprint density at radius 1 is 1.16 bits per heavy atom. The molecule has 0 atom stereocenters. The summed E-state index contributed by atoms with van der Waals surface area (Å²) in [6, 6.07) is 7.92. The van der Waals surface area contributed by atoms with Crippen LogP contribution >= 0.6 is 11.3 Å². The third kappa shape index (κ3) is 4.66. The second-order valence-corrected chi connectivity index (χ2v) is 8.57. The molecule has 7 nitrogen and oxygen atoms in total. The van der Waals surface area contributed by atoms with Gasteiger partial charge in [-0.3, -0.25) is 9.78 Å². The van der Waals surface area contributed by atoms with Gasteiger partial charge in [0.25, 0.3) is 5.91 Å². The van der Waals surface area contributed by atoms with Crippen molar-refractivity contribution in [2.75, 3.05) is 6.54 Å². The number of thiazole rings is 1. The molecule has 1 N–H and O–H groups in total. The lowest BCUT2D eigenvalue weighted by Gasteiger charge is -2.23. The fourth-order valence-electron chi connectivity index (χ4n) is 2.91. The quantitative estimate of drug-likeness (QED) is 0.480. The zero-order valence-corrected chi connectivity index (χ0v) is 18.0. The number of aromatic nitrogens is 4. The van der Waals surface area contributed by atoms with Crippen LogP contribution in [0.5, 0.6) is 0 Å². The van der Waals surface area contributed by atoms with E-state index in [2.05, 4.69) is 20.4 Å². The van der Waals surface area contributed by atoms with Crippen molar-refractivity contribution in [3.05, 3.63) is 71.1 Å². The lowest BCUT2D eigenvalue weighted by molar-refractivity contribution is 0.0945. The highest BCUT2D eigenvalue weighted by Crippen LogP contribution is 2.30. The molecule has 0 fully saturated rings. The van der Waals surface area contributed by atoms with E-state index in [1.807, 2.05) is 19.2 Å². The number of carbonyl (C=O) groups is 1. The molecule has 0 aliphatic rings. The molecule has 0 saturated carbocycles. The predicted octanol–water partition coefficient (Wildman–Crippen LogP) is 4.41. The molecule has 4 aromatic rings. The highest BCUT2D eigenvalue weighted by atomic mass is 32.1. The van der Waals surface area contributed by atoms with Gasteiger partial charge in [-0.05, 0) is 30.3 Å². The lowest BCUT2D eigenvalue weighted by atomic mass is 9.90. The lowest BCUT2D eigenvalue weighted by Crippen LogP contribution is -2.37. The normalized spacial score (nSPS) is 11.5. The van der Waals surface area contributed by atoms with Crippen LogP contribution in [0.15, 0.2) is 52.6 Å². The molecule has 0 bridgehead atoms. The molecule has 1 amide bonds. The molecule has 1 aromatic carbocycles. The standard InChI is InChI=1S/C22H20FN5O2S/c1-13-26-19(28-30-13)15-8-16(10-24-9-15)20(29)25-12-22(2,3)18-11-31-21(27-18)14-4-6-17(23)7-5-14/h4-11H,12H2,1-3H3,(H,25,29). The minimum absolute atomic E-state index is 0.253. The number of halogens is 1. The molecule has 3 heterocycles. The summed E-state index contributed by atoms with van der Waals surface area (Å²) in [5, 5.41) is 9.58. The second-order valence-electron chi connectivity index (χ2n) is 7.71. The highest BCUT2D eigenvalue weighted by Gasteiger charge is 2.25. The van der Waals surface area contributed by atoms with Crippen molar-refractivity contribution in [2.24, 2.45) is 0 Å². The van der Waals surface area contributed by atoms with Crippen molar-refractivity contribution < 1.29 is 13.7 Å². The van der Waals surface area contributed by atoms with E-state index in [0.717, 1.165) is 16.3 Å². The number of nitrogens with one attached hydrogen (secondary N) is 1. The van der Waals surface area contributed by atoms with Crippen LogP contribution in [0.3, 0.4) is 0 Å². The summed E-state index contributed by atoms with van der Waals surface area (Å²) in [5.74, 6) is 0.291. The van der Waals surface area contributed by atoms with Crippen LogP contribution in [0.1, 0.15) is 35.8 Å². The van der Waals surface area contributed by atoms with Crippen LogP contribution in [0.25, 0.3) is 22.0 Å². The van der Waals surface area contributed by atoms with Crippen molar-refractivity contribution in [3.63, 3.8) is 0 Å².